The first-order chi connectivity index (χ1) is 12.8. The Hall–Kier alpha value is -2.80. The average molecular weight is 389 g/mol. The van der Waals surface area contributed by atoms with E-state index in [1.807, 2.05) is 20.2 Å². The molecule has 1 aromatic carbocycles. The normalized spacial score (nSPS) is 10.9. The van der Waals surface area contributed by atoms with E-state index < -0.39 is 0 Å². The molecule has 8 heteroatoms. The van der Waals surface area contributed by atoms with E-state index in [0.717, 1.165) is 11.3 Å². The molecule has 0 atom stereocenters. The number of halogens is 1. The number of aryl methyl sites for hydroxylation is 3. The Kier molecular flexibility index (Phi) is 5.51. The number of carbonyl (C=O) groups excluding carboxylic acids is 1. The number of hydrogen-bond donors (Lipinski definition) is 0. The van der Waals surface area contributed by atoms with Gasteiger partial charge in [-0.1, -0.05) is 16.8 Å². The van der Waals surface area contributed by atoms with Crippen LogP contribution >= 0.6 is 11.6 Å². The lowest BCUT2D eigenvalue weighted by Crippen LogP contribution is -2.27. The van der Waals surface area contributed by atoms with Gasteiger partial charge in [0.05, 0.1) is 11.3 Å². The van der Waals surface area contributed by atoms with Gasteiger partial charge in [-0.15, -0.1) is 0 Å². The van der Waals surface area contributed by atoms with Crippen molar-refractivity contribution in [2.75, 3.05) is 7.05 Å². The molecular formula is C19H21ClN4O3. The Morgan fingerprint density at radius 3 is 2.63 bits per heavy atom. The predicted octanol–water partition coefficient (Wildman–Crippen LogP) is 3.53. The summed E-state index contributed by atoms with van der Waals surface area (Å²) in [5.74, 6) is 0.973. The number of carbonyl (C=O) groups is 1. The molecule has 3 rings (SSSR count). The van der Waals surface area contributed by atoms with Crippen LogP contribution in [0.15, 0.2) is 35.0 Å². The van der Waals surface area contributed by atoms with Crippen molar-refractivity contribution in [1.82, 2.24) is 19.8 Å². The highest BCUT2D eigenvalue weighted by atomic mass is 35.5. The van der Waals surface area contributed by atoms with Crippen LogP contribution < -0.4 is 4.74 Å². The third kappa shape index (κ3) is 4.31. The Morgan fingerprint density at radius 1 is 1.30 bits per heavy atom. The van der Waals surface area contributed by atoms with Crippen molar-refractivity contribution >= 4 is 17.5 Å². The number of amides is 1. The second-order valence-electron chi connectivity index (χ2n) is 6.38. The maximum absolute atomic E-state index is 12.9. The summed E-state index contributed by atoms with van der Waals surface area (Å²) in [5, 5.41) is 8.88. The molecule has 0 fully saturated rings. The smallest absolute Gasteiger partial charge is 0.276 e. The topological polar surface area (TPSA) is 73.4 Å². The van der Waals surface area contributed by atoms with Gasteiger partial charge in [0.2, 0.25) is 0 Å². The van der Waals surface area contributed by atoms with E-state index in [0.29, 0.717) is 28.6 Å². The molecule has 0 aliphatic rings. The van der Waals surface area contributed by atoms with Crippen LogP contribution in [0.2, 0.25) is 5.02 Å². The third-order valence-electron chi connectivity index (χ3n) is 4.25. The molecule has 0 bridgehead atoms. The quantitative estimate of drug-likeness (QED) is 0.645. The van der Waals surface area contributed by atoms with E-state index in [-0.39, 0.29) is 18.2 Å². The van der Waals surface area contributed by atoms with Crippen LogP contribution in [-0.2, 0) is 20.2 Å². The van der Waals surface area contributed by atoms with Gasteiger partial charge in [0.15, 0.2) is 5.69 Å². The summed E-state index contributed by atoms with van der Waals surface area (Å²) in [4.78, 5) is 14.5. The van der Waals surface area contributed by atoms with Crippen LogP contribution in [0.5, 0.6) is 5.75 Å². The van der Waals surface area contributed by atoms with Gasteiger partial charge < -0.3 is 14.2 Å². The minimum Gasteiger partial charge on any atom is -0.489 e. The van der Waals surface area contributed by atoms with Gasteiger partial charge in [0, 0.05) is 37.4 Å². The Labute approximate surface area is 162 Å². The zero-order valence-corrected chi connectivity index (χ0v) is 16.4. The van der Waals surface area contributed by atoms with Crippen molar-refractivity contribution in [2.24, 2.45) is 7.05 Å². The number of nitrogens with zero attached hydrogens (tertiary/aromatic N) is 4. The first-order valence-corrected chi connectivity index (χ1v) is 8.81. The van der Waals surface area contributed by atoms with Crippen molar-refractivity contribution in [2.45, 2.75) is 27.0 Å². The molecule has 0 spiro atoms. The van der Waals surface area contributed by atoms with Crippen LogP contribution in [0.3, 0.4) is 0 Å². The SMILES string of the molecule is Cc1nn(C)cc1CN(C)C(=O)c1noc(C)c1COc1ccc(Cl)cc1. The van der Waals surface area contributed by atoms with Gasteiger partial charge in [-0.3, -0.25) is 9.48 Å². The van der Waals surface area contributed by atoms with E-state index >= 15 is 0 Å². The zero-order valence-electron chi connectivity index (χ0n) is 15.7. The number of ether oxygens (including phenoxy) is 1. The molecule has 0 aliphatic carbocycles. The Balaban J connectivity index is 1.73. The second-order valence-corrected chi connectivity index (χ2v) is 6.82. The lowest BCUT2D eigenvalue weighted by Gasteiger charge is -2.16. The Morgan fingerprint density at radius 2 is 2.00 bits per heavy atom. The first kappa shape index (κ1) is 19.0. The fourth-order valence-corrected chi connectivity index (χ4v) is 2.85. The predicted molar refractivity (Wildman–Crippen MR) is 101 cm³/mol. The lowest BCUT2D eigenvalue weighted by atomic mass is 10.1. The maximum atomic E-state index is 12.9. The average Bonchev–Trinajstić information content (AvgIpc) is 3.15. The zero-order chi connectivity index (χ0) is 19.6. The van der Waals surface area contributed by atoms with Crippen molar-refractivity contribution in [1.29, 1.82) is 0 Å². The fraction of sp³-hybridized carbons (Fsp3) is 0.316. The van der Waals surface area contributed by atoms with E-state index in [1.54, 1.807) is 47.8 Å². The van der Waals surface area contributed by atoms with E-state index in [2.05, 4.69) is 10.3 Å². The van der Waals surface area contributed by atoms with Gasteiger partial charge in [0.1, 0.15) is 18.1 Å². The molecule has 7 nitrogen and oxygen atoms in total. The molecular weight excluding hydrogens is 368 g/mol. The molecule has 2 aromatic heterocycles. The fourth-order valence-electron chi connectivity index (χ4n) is 2.73. The molecule has 0 radical (unpaired) electrons. The van der Waals surface area contributed by atoms with Crippen LogP contribution in [0.25, 0.3) is 0 Å². The molecule has 0 saturated carbocycles. The molecule has 3 aromatic rings. The summed E-state index contributed by atoms with van der Waals surface area (Å²) in [5.41, 5.74) is 2.75. The van der Waals surface area contributed by atoms with Crippen molar-refractivity contribution in [3.8, 4) is 5.75 Å². The summed E-state index contributed by atoms with van der Waals surface area (Å²) in [6, 6.07) is 7.02. The van der Waals surface area contributed by atoms with Crippen molar-refractivity contribution < 1.29 is 14.1 Å². The summed E-state index contributed by atoms with van der Waals surface area (Å²) < 4.78 is 12.7. The largest absolute Gasteiger partial charge is 0.489 e. The van der Waals surface area contributed by atoms with Crippen LogP contribution in [0, 0.1) is 13.8 Å². The van der Waals surface area contributed by atoms with E-state index in [1.165, 1.54) is 0 Å². The molecule has 142 valence electrons. The summed E-state index contributed by atoms with van der Waals surface area (Å²) in [6.07, 6.45) is 1.90. The molecule has 0 saturated heterocycles. The molecule has 0 aliphatic heterocycles. The summed E-state index contributed by atoms with van der Waals surface area (Å²) in [7, 11) is 3.58. The van der Waals surface area contributed by atoms with E-state index in [9.17, 15) is 4.79 Å². The van der Waals surface area contributed by atoms with E-state index in [4.69, 9.17) is 20.9 Å². The second kappa shape index (κ2) is 7.84. The van der Waals surface area contributed by atoms with Gasteiger partial charge in [-0.2, -0.15) is 5.10 Å². The molecule has 1 amide bonds. The summed E-state index contributed by atoms with van der Waals surface area (Å²) >= 11 is 5.88. The van der Waals surface area contributed by atoms with Crippen LogP contribution in [-0.4, -0.2) is 32.8 Å². The van der Waals surface area contributed by atoms with Gasteiger partial charge in [-0.05, 0) is 38.1 Å². The van der Waals surface area contributed by atoms with Crippen LogP contribution in [0.1, 0.15) is 33.1 Å². The maximum Gasteiger partial charge on any atom is 0.276 e. The highest BCUT2D eigenvalue weighted by Crippen LogP contribution is 2.21. The molecule has 0 N–H and O–H groups in total. The van der Waals surface area contributed by atoms with Gasteiger partial charge >= 0.3 is 0 Å². The molecule has 0 unspecified atom stereocenters. The third-order valence-corrected chi connectivity index (χ3v) is 4.51. The Bertz CT molecular complexity index is 947. The first-order valence-electron chi connectivity index (χ1n) is 8.43. The van der Waals surface area contributed by atoms with Gasteiger partial charge in [-0.25, -0.2) is 0 Å². The van der Waals surface area contributed by atoms with Crippen molar-refractivity contribution in [3.63, 3.8) is 0 Å². The highest BCUT2D eigenvalue weighted by Gasteiger charge is 2.24. The molecule has 2 heterocycles. The summed E-state index contributed by atoms with van der Waals surface area (Å²) in [6.45, 7) is 4.29. The van der Waals surface area contributed by atoms with Crippen LogP contribution in [0.4, 0.5) is 0 Å². The minimum absolute atomic E-state index is 0.178. The highest BCUT2D eigenvalue weighted by molar-refractivity contribution is 6.30. The number of aromatic nitrogens is 3. The minimum atomic E-state index is -0.232. The number of benzene rings is 1. The van der Waals surface area contributed by atoms with Crippen molar-refractivity contribution in [3.05, 3.63) is 63.8 Å². The lowest BCUT2D eigenvalue weighted by molar-refractivity contribution is 0.0772. The standard InChI is InChI=1S/C19H21ClN4O3/c1-12-14(10-24(4)21-12)9-23(3)19(25)18-17(13(2)27-22-18)11-26-16-7-5-15(20)6-8-16/h5-8,10H,9,11H2,1-4H3. The number of rotatable bonds is 6. The number of hydrogen-bond acceptors (Lipinski definition) is 5. The molecule has 27 heavy (non-hydrogen) atoms. The van der Waals surface area contributed by atoms with Gasteiger partial charge in [0.25, 0.3) is 5.91 Å². The monoisotopic (exact) mass is 388 g/mol.